The molecule has 35 heavy (non-hydrogen) atoms. The van der Waals surface area contributed by atoms with E-state index in [0.717, 1.165) is 11.6 Å². The molecule has 3 aromatic rings. The third kappa shape index (κ3) is 6.07. The van der Waals surface area contributed by atoms with E-state index in [2.05, 4.69) is 4.72 Å². The first-order valence-corrected chi connectivity index (χ1v) is 12.1. The van der Waals surface area contributed by atoms with Crippen molar-refractivity contribution in [1.29, 1.82) is 0 Å². The summed E-state index contributed by atoms with van der Waals surface area (Å²) in [7, 11) is -1.14. The molecule has 1 amide bonds. The molecule has 0 aliphatic heterocycles. The average Bonchev–Trinajstić information content (AvgIpc) is 2.84. The second kappa shape index (κ2) is 10.9. The van der Waals surface area contributed by atoms with Crippen molar-refractivity contribution in [2.75, 3.05) is 25.5 Å². The fourth-order valence-electron chi connectivity index (χ4n) is 3.35. The lowest BCUT2D eigenvalue weighted by molar-refractivity contribution is -0.384. The summed E-state index contributed by atoms with van der Waals surface area (Å²) in [6.45, 7) is 2.69. The topological polar surface area (TPSA) is 128 Å². The molecule has 184 valence electrons. The Bertz CT molecular complexity index is 1330. The van der Waals surface area contributed by atoms with Crippen molar-refractivity contribution in [3.63, 3.8) is 0 Å². The number of carbonyl (C=O) groups is 1. The number of rotatable bonds is 10. The molecule has 0 aliphatic carbocycles. The van der Waals surface area contributed by atoms with E-state index in [-0.39, 0.29) is 27.9 Å². The lowest BCUT2D eigenvalue weighted by atomic mass is 10.1. The molecule has 1 N–H and O–H groups in total. The number of carbonyl (C=O) groups excluding carboxylic acids is 1. The highest BCUT2D eigenvalue weighted by molar-refractivity contribution is 7.92. The van der Waals surface area contributed by atoms with Gasteiger partial charge in [-0.1, -0.05) is 18.2 Å². The third-order valence-corrected chi connectivity index (χ3v) is 6.46. The van der Waals surface area contributed by atoms with Crippen LogP contribution in [0.2, 0.25) is 0 Å². The van der Waals surface area contributed by atoms with Gasteiger partial charge in [-0.25, -0.2) is 8.42 Å². The average molecular weight is 500 g/mol. The molecular formula is C24H25N3O7S. The van der Waals surface area contributed by atoms with Crippen molar-refractivity contribution in [2.45, 2.75) is 18.4 Å². The van der Waals surface area contributed by atoms with Gasteiger partial charge >= 0.3 is 0 Å². The van der Waals surface area contributed by atoms with Crippen LogP contribution in [-0.2, 0) is 16.6 Å². The summed E-state index contributed by atoms with van der Waals surface area (Å²) in [6.07, 6.45) is 0. The number of hydrogen-bond acceptors (Lipinski definition) is 7. The standard InChI is InChI=1S/C24H25N3O7S/c1-4-34-22-8-6-5-7-18(22)16-26(2)24(28)17-9-12-20(13-10-17)35(31,32)25-21-15-19(27(29)30)11-14-23(21)33-3/h5-15,25H,4,16H2,1-3H3. The van der Waals surface area contributed by atoms with E-state index in [1.54, 1.807) is 7.05 Å². The highest BCUT2D eigenvalue weighted by Crippen LogP contribution is 2.31. The van der Waals surface area contributed by atoms with Crippen LogP contribution < -0.4 is 14.2 Å². The molecule has 0 aliphatic rings. The van der Waals surface area contributed by atoms with Gasteiger partial charge in [0.05, 0.1) is 29.2 Å². The molecule has 3 rings (SSSR count). The number of para-hydroxylation sites is 1. The third-order valence-electron chi connectivity index (χ3n) is 5.08. The van der Waals surface area contributed by atoms with E-state index in [9.17, 15) is 23.3 Å². The Hall–Kier alpha value is -4.12. The molecule has 0 spiro atoms. The zero-order chi connectivity index (χ0) is 25.6. The molecule has 0 saturated carbocycles. The number of non-ortho nitro benzene ring substituents is 1. The highest BCUT2D eigenvalue weighted by atomic mass is 32.2. The largest absolute Gasteiger partial charge is 0.495 e. The molecule has 0 radical (unpaired) electrons. The number of nitrogens with one attached hydrogen (secondary N) is 1. The van der Waals surface area contributed by atoms with E-state index in [1.165, 1.54) is 48.4 Å². The van der Waals surface area contributed by atoms with E-state index >= 15 is 0 Å². The van der Waals surface area contributed by atoms with Crippen LogP contribution in [0.25, 0.3) is 0 Å². The molecule has 10 nitrogen and oxygen atoms in total. The van der Waals surface area contributed by atoms with Crippen LogP contribution >= 0.6 is 0 Å². The van der Waals surface area contributed by atoms with E-state index in [4.69, 9.17) is 9.47 Å². The first kappa shape index (κ1) is 25.5. The van der Waals surface area contributed by atoms with E-state index in [0.29, 0.717) is 24.5 Å². The van der Waals surface area contributed by atoms with Crippen LogP contribution in [-0.4, -0.2) is 44.9 Å². The molecule has 0 aromatic heterocycles. The predicted octanol–water partition coefficient (Wildman–Crippen LogP) is 4.08. The number of methoxy groups -OCH3 is 1. The van der Waals surface area contributed by atoms with Gasteiger partial charge in [-0.05, 0) is 43.3 Å². The van der Waals surface area contributed by atoms with Crippen LogP contribution in [0.4, 0.5) is 11.4 Å². The Labute approximate surface area is 203 Å². The maximum Gasteiger partial charge on any atom is 0.271 e. The quantitative estimate of drug-likeness (QED) is 0.329. The van der Waals surface area contributed by atoms with Gasteiger partial charge in [0.15, 0.2) is 0 Å². The Morgan fingerprint density at radius 2 is 1.74 bits per heavy atom. The molecule has 0 unspecified atom stereocenters. The van der Waals surface area contributed by atoms with Crippen molar-refractivity contribution >= 4 is 27.3 Å². The monoisotopic (exact) mass is 499 g/mol. The molecule has 3 aromatic carbocycles. The molecular weight excluding hydrogens is 474 g/mol. The number of nitro groups is 1. The maximum atomic E-state index is 12.9. The van der Waals surface area contributed by atoms with Gasteiger partial charge in [0.1, 0.15) is 11.5 Å². The molecule has 0 bridgehead atoms. The van der Waals surface area contributed by atoms with Gasteiger partial charge in [0, 0.05) is 36.9 Å². The number of sulfonamides is 1. The first-order chi connectivity index (χ1) is 16.7. The molecule has 0 fully saturated rings. The zero-order valence-electron chi connectivity index (χ0n) is 19.4. The second-order valence-electron chi connectivity index (χ2n) is 7.47. The Morgan fingerprint density at radius 1 is 1.06 bits per heavy atom. The van der Waals surface area contributed by atoms with Crippen molar-refractivity contribution in [2.24, 2.45) is 0 Å². The van der Waals surface area contributed by atoms with Gasteiger partial charge in [-0.3, -0.25) is 19.6 Å². The molecule has 0 heterocycles. The minimum Gasteiger partial charge on any atom is -0.495 e. The van der Waals surface area contributed by atoms with Crippen LogP contribution in [0.3, 0.4) is 0 Å². The fraction of sp³-hybridized carbons (Fsp3) is 0.208. The SMILES string of the molecule is CCOc1ccccc1CN(C)C(=O)c1ccc(S(=O)(=O)Nc2cc([N+](=O)[O-])ccc2OC)cc1. The van der Waals surface area contributed by atoms with E-state index in [1.807, 2.05) is 31.2 Å². The van der Waals surface area contributed by atoms with Crippen molar-refractivity contribution in [3.05, 3.63) is 88.0 Å². The molecule has 0 atom stereocenters. The summed E-state index contributed by atoms with van der Waals surface area (Å²) in [5, 5.41) is 11.1. The number of ether oxygens (including phenoxy) is 2. The normalized spacial score (nSPS) is 10.9. The molecule has 11 heteroatoms. The fourth-order valence-corrected chi connectivity index (χ4v) is 4.41. The minimum atomic E-state index is -4.11. The summed E-state index contributed by atoms with van der Waals surface area (Å²) in [5.41, 5.74) is 0.778. The van der Waals surface area contributed by atoms with Gasteiger partial charge in [0.2, 0.25) is 0 Å². The summed E-state index contributed by atoms with van der Waals surface area (Å²) in [4.78, 5) is 24.7. The lowest BCUT2D eigenvalue weighted by Crippen LogP contribution is -2.26. The summed E-state index contributed by atoms with van der Waals surface area (Å²) in [6, 6.07) is 16.4. The predicted molar refractivity (Wildman–Crippen MR) is 130 cm³/mol. The number of hydrogen-bond donors (Lipinski definition) is 1. The lowest BCUT2D eigenvalue weighted by Gasteiger charge is -2.19. The Balaban J connectivity index is 1.77. The van der Waals surface area contributed by atoms with Gasteiger partial charge < -0.3 is 14.4 Å². The first-order valence-electron chi connectivity index (χ1n) is 10.6. The van der Waals surface area contributed by atoms with Gasteiger partial charge in [0.25, 0.3) is 21.6 Å². The van der Waals surface area contributed by atoms with Crippen molar-refractivity contribution < 1.29 is 27.6 Å². The molecule has 0 saturated heterocycles. The van der Waals surface area contributed by atoms with Crippen LogP contribution in [0.5, 0.6) is 11.5 Å². The van der Waals surface area contributed by atoms with Gasteiger partial charge in [-0.15, -0.1) is 0 Å². The summed E-state index contributed by atoms with van der Waals surface area (Å²) in [5.74, 6) is 0.521. The minimum absolute atomic E-state index is 0.0745. The number of benzene rings is 3. The van der Waals surface area contributed by atoms with Crippen LogP contribution in [0, 0.1) is 10.1 Å². The van der Waals surface area contributed by atoms with Crippen LogP contribution in [0.1, 0.15) is 22.8 Å². The number of nitrogens with zero attached hydrogens (tertiary/aromatic N) is 2. The Kier molecular flexibility index (Phi) is 7.92. The number of anilines is 1. The highest BCUT2D eigenvalue weighted by Gasteiger charge is 2.21. The van der Waals surface area contributed by atoms with E-state index < -0.39 is 14.9 Å². The number of nitro benzene ring substituents is 1. The summed E-state index contributed by atoms with van der Waals surface area (Å²) < 4.78 is 38.7. The van der Waals surface area contributed by atoms with Crippen molar-refractivity contribution in [1.82, 2.24) is 4.90 Å². The van der Waals surface area contributed by atoms with Gasteiger partial charge in [-0.2, -0.15) is 0 Å². The Morgan fingerprint density at radius 3 is 2.37 bits per heavy atom. The summed E-state index contributed by atoms with van der Waals surface area (Å²) >= 11 is 0. The second-order valence-corrected chi connectivity index (χ2v) is 9.16. The smallest absolute Gasteiger partial charge is 0.271 e. The van der Waals surface area contributed by atoms with Crippen LogP contribution in [0.15, 0.2) is 71.6 Å². The number of amides is 1. The maximum absolute atomic E-state index is 12.9. The zero-order valence-corrected chi connectivity index (χ0v) is 20.2. The van der Waals surface area contributed by atoms with Crippen molar-refractivity contribution in [3.8, 4) is 11.5 Å².